The van der Waals surface area contributed by atoms with E-state index >= 15 is 0 Å². The van der Waals surface area contributed by atoms with Gasteiger partial charge in [-0.1, -0.05) is 31.6 Å². The molecule has 0 aliphatic heterocycles. The highest BCUT2D eigenvalue weighted by molar-refractivity contribution is 6.04. The molecule has 4 nitrogen and oxygen atoms in total. The predicted octanol–water partition coefficient (Wildman–Crippen LogP) is 3.90. The molecular weight excluding hydrogens is 328 g/mol. The number of fused-ring (bicyclic) bond motifs is 2. The molecule has 0 fully saturated rings. The molecule has 0 aromatic rings. The summed E-state index contributed by atoms with van der Waals surface area (Å²) >= 11 is 0. The molecule has 0 spiro atoms. The molecule has 0 saturated heterocycles. The first-order valence-electron chi connectivity index (χ1n) is 9.61. The number of allylic oxidation sites excluding steroid dienone is 1. The summed E-state index contributed by atoms with van der Waals surface area (Å²) < 4.78 is 5.44. The van der Waals surface area contributed by atoms with E-state index in [0.717, 1.165) is 48.0 Å². The second-order valence-electron chi connectivity index (χ2n) is 8.70. The van der Waals surface area contributed by atoms with Gasteiger partial charge in [0.25, 0.3) is 0 Å². The second-order valence-corrected chi connectivity index (χ2v) is 8.70. The Balaban J connectivity index is 2.06. The van der Waals surface area contributed by atoms with E-state index < -0.39 is 18.1 Å². The number of hydrogen-bond donors (Lipinski definition) is 1. The van der Waals surface area contributed by atoms with Crippen LogP contribution < -0.4 is 0 Å². The molecule has 3 aliphatic carbocycles. The number of esters is 1. The van der Waals surface area contributed by atoms with Crippen LogP contribution in [0.1, 0.15) is 59.8 Å². The van der Waals surface area contributed by atoms with Crippen LogP contribution in [0.15, 0.2) is 34.9 Å². The normalized spacial score (nSPS) is 36.3. The Kier molecular flexibility index (Phi) is 5.00. The van der Waals surface area contributed by atoms with Gasteiger partial charge in [-0.15, -0.1) is 0 Å². The van der Waals surface area contributed by atoms with E-state index in [4.69, 9.17) is 4.74 Å². The Morgan fingerprint density at radius 3 is 2.62 bits per heavy atom. The zero-order chi connectivity index (χ0) is 19.2. The number of aliphatic hydroxyl groups is 1. The van der Waals surface area contributed by atoms with Crippen molar-refractivity contribution < 1.29 is 19.4 Å². The minimum absolute atomic E-state index is 0.0527. The number of rotatable bonds is 1. The van der Waals surface area contributed by atoms with Gasteiger partial charge < -0.3 is 9.84 Å². The Morgan fingerprint density at radius 2 is 1.96 bits per heavy atom. The van der Waals surface area contributed by atoms with Crippen molar-refractivity contribution in [1.29, 1.82) is 0 Å². The predicted molar refractivity (Wildman–Crippen MR) is 100 cm³/mol. The number of ketones is 1. The summed E-state index contributed by atoms with van der Waals surface area (Å²) in [5.41, 5.74) is 3.39. The van der Waals surface area contributed by atoms with Crippen LogP contribution in [0.3, 0.4) is 0 Å². The highest BCUT2D eigenvalue weighted by atomic mass is 16.5. The zero-order valence-corrected chi connectivity index (χ0v) is 16.3. The van der Waals surface area contributed by atoms with Gasteiger partial charge in [-0.3, -0.25) is 9.59 Å². The molecule has 0 amide bonds. The largest absolute Gasteiger partial charge is 0.458 e. The van der Waals surface area contributed by atoms with Crippen molar-refractivity contribution in [2.45, 2.75) is 72.0 Å². The van der Waals surface area contributed by atoms with E-state index in [0.29, 0.717) is 12.3 Å². The molecular formula is C22H30O4. The Labute approximate surface area is 156 Å². The minimum Gasteiger partial charge on any atom is -0.458 e. The van der Waals surface area contributed by atoms with Crippen LogP contribution in [-0.4, -0.2) is 29.1 Å². The van der Waals surface area contributed by atoms with Crippen LogP contribution in [0.2, 0.25) is 0 Å². The van der Waals surface area contributed by atoms with Crippen LogP contribution in [0.4, 0.5) is 0 Å². The first kappa shape index (κ1) is 19.1. The lowest BCUT2D eigenvalue weighted by molar-refractivity contribution is -0.144. The van der Waals surface area contributed by atoms with Gasteiger partial charge in [-0.25, -0.2) is 0 Å². The summed E-state index contributed by atoms with van der Waals surface area (Å²) in [5.74, 6) is -0.454. The third-order valence-electron chi connectivity index (χ3n) is 6.54. The molecule has 0 saturated carbocycles. The summed E-state index contributed by atoms with van der Waals surface area (Å²) in [6, 6.07) is 0. The number of carbonyl (C=O) groups is 2. The van der Waals surface area contributed by atoms with E-state index in [2.05, 4.69) is 20.4 Å². The van der Waals surface area contributed by atoms with Crippen molar-refractivity contribution in [2.75, 3.05) is 0 Å². The number of aliphatic hydroxyl groups excluding tert-OH is 1. The summed E-state index contributed by atoms with van der Waals surface area (Å²) in [4.78, 5) is 24.7. The van der Waals surface area contributed by atoms with Gasteiger partial charge in [-0.2, -0.15) is 0 Å². The molecule has 4 heteroatoms. The van der Waals surface area contributed by atoms with Crippen LogP contribution >= 0.6 is 0 Å². The topological polar surface area (TPSA) is 63.6 Å². The molecule has 3 aliphatic rings. The Bertz CT molecular complexity index is 710. The quantitative estimate of drug-likeness (QED) is 0.570. The molecule has 3 rings (SSSR count). The third-order valence-corrected chi connectivity index (χ3v) is 6.54. The maximum absolute atomic E-state index is 13.3. The van der Waals surface area contributed by atoms with Crippen molar-refractivity contribution in [3.8, 4) is 0 Å². The van der Waals surface area contributed by atoms with Gasteiger partial charge >= 0.3 is 5.97 Å². The molecule has 4 atom stereocenters. The maximum Gasteiger partial charge on any atom is 0.303 e. The average Bonchev–Trinajstić information content (AvgIpc) is 2.77. The highest BCUT2D eigenvalue weighted by Crippen LogP contribution is 2.53. The van der Waals surface area contributed by atoms with Crippen molar-refractivity contribution in [3.05, 3.63) is 34.9 Å². The number of carbonyl (C=O) groups excluding carboxylic acids is 2. The van der Waals surface area contributed by atoms with E-state index in [-0.39, 0.29) is 17.2 Å². The van der Waals surface area contributed by atoms with Crippen molar-refractivity contribution in [3.63, 3.8) is 0 Å². The maximum atomic E-state index is 13.3. The van der Waals surface area contributed by atoms with E-state index in [1.54, 1.807) is 0 Å². The SMILES string of the molecule is C=C1CC[C@@H]2CCC3=C(C(=O)[C@@H](/C(C)=C\[C@@H](OC(C)=O)C1)[C@H]3O)C2(C)C. The van der Waals surface area contributed by atoms with Gasteiger partial charge in [0, 0.05) is 18.9 Å². The average molecular weight is 358 g/mol. The summed E-state index contributed by atoms with van der Waals surface area (Å²) in [7, 11) is 0. The van der Waals surface area contributed by atoms with Crippen LogP contribution in [0.5, 0.6) is 0 Å². The standard InChI is InChI=1S/C22H30O4/c1-12-6-7-15-8-9-17-19(22(15,4)5)21(25)18(20(17)24)13(2)11-16(10-12)26-14(3)23/h11,15-16,18,20,24H,1,6-10H2,2-5H3/b13-11-/t15-,16+,18+,20+/m1/s1. The lowest BCUT2D eigenvalue weighted by Gasteiger charge is -2.40. The van der Waals surface area contributed by atoms with Crippen molar-refractivity contribution in [1.82, 2.24) is 0 Å². The Hall–Kier alpha value is -1.68. The Morgan fingerprint density at radius 1 is 1.31 bits per heavy atom. The molecule has 26 heavy (non-hydrogen) atoms. The first-order valence-corrected chi connectivity index (χ1v) is 9.61. The van der Waals surface area contributed by atoms with E-state index in [1.165, 1.54) is 6.92 Å². The van der Waals surface area contributed by atoms with Crippen molar-refractivity contribution in [2.24, 2.45) is 17.3 Å². The monoisotopic (exact) mass is 358 g/mol. The molecule has 0 radical (unpaired) electrons. The number of Topliss-reactive ketones (excluding diaryl/α,β-unsaturated/α-hetero) is 1. The van der Waals surface area contributed by atoms with Crippen molar-refractivity contribution >= 4 is 11.8 Å². The molecule has 0 unspecified atom stereocenters. The molecule has 3 bridgehead atoms. The highest BCUT2D eigenvalue weighted by Gasteiger charge is 2.51. The summed E-state index contributed by atoms with van der Waals surface area (Å²) in [6.45, 7) is 11.7. The zero-order valence-electron chi connectivity index (χ0n) is 16.3. The van der Waals surface area contributed by atoms with Gasteiger partial charge in [0.15, 0.2) is 5.78 Å². The molecule has 0 aromatic heterocycles. The van der Waals surface area contributed by atoms with E-state index in [9.17, 15) is 14.7 Å². The second kappa shape index (κ2) is 6.80. The smallest absolute Gasteiger partial charge is 0.303 e. The lowest BCUT2D eigenvalue weighted by Crippen LogP contribution is -2.33. The van der Waals surface area contributed by atoms with Gasteiger partial charge in [0.05, 0.1) is 12.0 Å². The van der Waals surface area contributed by atoms with Gasteiger partial charge in [0.2, 0.25) is 0 Å². The van der Waals surface area contributed by atoms with Crippen LogP contribution in [0.25, 0.3) is 0 Å². The fraction of sp³-hybridized carbons (Fsp3) is 0.636. The van der Waals surface area contributed by atoms with Crippen LogP contribution in [0, 0.1) is 17.3 Å². The molecule has 1 N–H and O–H groups in total. The molecule has 142 valence electrons. The number of hydrogen-bond acceptors (Lipinski definition) is 4. The third kappa shape index (κ3) is 3.20. The van der Waals surface area contributed by atoms with Crippen LogP contribution in [-0.2, 0) is 14.3 Å². The lowest BCUT2D eigenvalue weighted by atomic mass is 9.63. The van der Waals surface area contributed by atoms with Gasteiger partial charge in [0.1, 0.15) is 6.10 Å². The molecule has 0 aromatic carbocycles. The van der Waals surface area contributed by atoms with Gasteiger partial charge in [-0.05, 0) is 55.6 Å². The fourth-order valence-corrected chi connectivity index (χ4v) is 5.18. The van der Waals surface area contributed by atoms with E-state index in [1.807, 2.05) is 13.0 Å². The summed E-state index contributed by atoms with van der Waals surface area (Å²) in [6.07, 6.45) is 4.83. The number of ether oxygens (including phenoxy) is 1. The first-order chi connectivity index (χ1) is 12.1. The summed E-state index contributed by atoms with van der Waals surface area (Å²) in [5, 5.41) is 10.9. The molecule has 0 heterocycles. The fourth-order valence-electron chi connectivity index (χ4n) is 5.18. The minimum atomic E-state index is -0.754.